The van der Waals surface area contributed by atoms with E-state index in [1.807, 2.05) is 24.3 Å². The van der Waals surface area contributed by atoms with Gasteiger partial charge in [-0.1, -0.05) is 28.1 Å². The van der Waals surface area contributed by atoms with Crippen molar-refractivity contribution >= 4 is 15.9 Å². The van der Waals surface area contributed by atoms with E-state index in [0.29, 0.717) is 13.1 Å². The zero-order valence-electron chi connectivity index (χ0n) is 6.48. The van der Waals surface area contributed by atoms with Crippen LogP contribution < -0.4 is 5.32 Å². The van der Waals surface area contributed by atoms with Gasteiger partial charge in [0.05, 0.1) is 0 Å². The Morgan fingerprint density at radius 2 is 1.83 bits per heavy atom. The van der Waals surface area contributed by atoms with Crippen molar-refractivity contribution in [1.29, 1.82) is 0 Å². The number of rotatable bonds is 1. The third-order valence-corrected chi connectivity index (χ3v) is 2.70. The largest absolute Gasteiger partial charge is 0.310 e. The summed E-state index contributed by atoms with van der Waals surface area (Å²) in [5, 5.41) is 2.93. The van der Waals surface area contributed by atoms with E-state index in [1.165, 1.54) is 0 Å². The molecule has 64 valence electrons. The monoisotopic (exact) mass is 229 g/mol. The Kier molecular flexibility index (Phi) is 1.93. The quantitative estimate of drug-likeness (QED) is 0.779. The minimum atomic E-state index is -1.12. The van der Waals surface area contributed by atoms with Crippen LogP contribution in [0, 0.1) is 0 Å². The van der Waals surface area contributed by atoms with E-state index < -0.39 is 5.67 Å². The molecule has 0 saturated carbocycles. The SMILES string of the molecule is FC1(c2ccc(Br)cc2)CNC1. The minimum absolute atomic E-state index is 0.439. The summed E-state index contributed by atoms with van der Waals surface area (Å²) in [6, 6.07) is 7.39. The molecule has 1 fully saturated rings. The van der Waals surface area contributed by atoms with Gasteiger partial charge in [-0.15, -0.1) is 0 Å². The van der Waals surface area contributed by atoms with E-state index in [2.05, 4.69) is 21.2 Å². The highest BCUT2D eigenvalue weighted by Gasteiger charge is 2.38. The first-order chi connectivity index (χ1) is 5.71. The molecular formula is C9H9BrFN. The molecule has 1 aliphatic heterocycles. The molecule has 0 amide bonds. The molecule has 1 nitrogen and oxygen atoms in total. The molecule has 0 aliphatic carbocycles. The van der Waals surface area contributed by atoms with Crippen LogP contribution >= 0.6 is 15.9 Å². The smallest absolute Gasteiger partial charge is 0.160 e. The topological polar surface area (TPSA) is 12.0 Å². The highest BCUT2D eigenvalue weighted by molar-refractivity contribution is 9.10. The molecule has 0 aromatic heterocycles. The Bertz CT molecular complexity index is 279. The van der Waals surface area contributed by atoms with Gasteiger partial charge in [-0.05, 0) is 17.7 Å². The van der Waals surface area contributed by atoms with Gasteiger partial charge < -0.3 is 5.32 Å². The number of hydrogen-bond donors (Lipinski definition) is 1. The summed E-state index contributed by atoms with van der Waals surface area (Å²) in [4.78, 5) is 0. The summed E-state index contributed by atoms with van der Waals surface area (Å²) in [5.41, 5.74) is -0.356. The summed E-state index contributed by atoms with van der Waals surface area (Å²) in [7, 11) is 0. The third kappa shape index (κ3) is 1.27. The lowest BCUT2D eigenvalue weighted by molar-refractivity contribution is 0.0891. The molecule has 1 aliphatic rings. The highest BCUT2D eigenvalue weighted by Crippen LogP contribution is 2.30. The van der Waals surface area contributed by atoms with Crippen molar-refractivity contribution in [3.05, 3.63) is 34.3 Å². The molecule has 1 aromatic rings. The van der Waals surface area contributed by atoms with Crippen molar-refractivity contribution in [1.82, 2.24) is 5.32 Å². The molecule has 12 heavy (non-hydrogen) atoms. The van der Waals surface area contributed by atoms with Gasteiger partial charge >= 0.3 is 0 Å². The lowest BCUT2D eigenvalue weighted by atomic mass is 9.90. The molecule has 0 unspecified atom stereocenters. The van der Waals surface area contributed by atoms with Crippen LogP contribution in [0.5, 0.6) is 0 Å². The number of benzene rings is 1. The first-order valence-electron chi connectivity index (χ1n) is 3.86. The van der Waals surface area contributed by atoms with Crippen LogP contribution in [0.25, 0.3) is 0 Å². The first-order valence-corrected chi connectivity index (χ1v) is 4.66. The maximum Gasteiger partial charge on any atom is 0.160 e. The molecule has 0 radical (unpaired) electrons. The van der Waals surface area contributed by atoms with Gasteiger partial charge in [-0.25, -0.2) is 4.39 Å². The van der Waals surface area contributed by atoms with Gasteiger partial charge in [0.2, 0.25) is 0 Å². The molecular weight excluding hydrogens is 221 g/mol. The van der Waals surface area contributed by atoms with Gasteiger partial charge in [0.1, 0.15) is 0 Å². The fraction of sp³-hybridized carbons (Fsp3) is 0.333. The molecule has 0 spiro atoms. The fourth-order valence-corrected chi connectivity index (χ4v) is 1.56. The van der Waals surface area contributed by atoms with E-state index >= 15 is 0 Å². The van der Waals surface area contributed by atoms with Gasteiger partial charge in [-0.3, -0.25) is 0 Å². The molecule has 1 saturated heterocycles. The van der Waals surface area contributed by atoms with Gasteiger partial charge in [0.25, 0.3) is 0 Å². The number of nitrogens with one attached hydrogen (secondary N) is 1. The Hall–Kier alpha value is -0.410. The second-order valence-electron chi connectivity index (χ2n) is 3.08. The lowest BCUT2D eigenvalue weighted by Crippen LogP contribution is -2.53. The average molecular weight is 230 g/mol. The van der Waals surface area contributed by atoms with E-state index in [9.17, 15) is 4.39 Å². The highest BCUT2D eigenvalue weighted by atomic mass is 79.9. The van der Waals surface area contributed by atoms with E-state index in [4.69, 9.17) is 0 Å². The zero-order valence-corrected chi connectivity index (χ0v) is 8.07. The van der Waals surface area contributed by atoms with Crippen LogP contribution in [0.1, 0.15) is 5.56 Å². The van der Waals surface area contributed by atoms with Gasteiger partial charge in [-0.2, -0.15) is 0 Å². The molecule has 1 aromatic carbocycles. The second-order valence-corrected chi connectivity index (χ2v) is 3.99. The van der Waals surface area contributed by atoms with Crippen molar-refractivity contribution in [2.75, 3.05) is 13.1 Å². The Balaban J connectivity index is 2.28. The van der Waals surface area contributed by atoms with Crippen molar-refractivity contribution in [2.45, 2.75) is 5.67 Å². The van der Waals surface area contributed by atoms with Crippen molar-refractivity contribution < 1.29 is 4.39 Å². The maximum atomic E-state index is 13.7. The summed E-state index contributed by atoms with van der Waals surface area (Å²) in [6.45, 7) is 0.878. The summed E-state index contributed by atoms with van der Waals surface area (Å²) in [5.74, 6) is 0. The molecule has 0 atom stereocenters. The van der Waals surface area contributed by atoms with Crippen LogP contribution in [0.3, 0.4) is 0 Å². The number of alkyl halides is 1. The van der Waals surface area contributed by atoms with Gasteiger partial charge in [0, 0.05) is 17.6 Å². The number of hydrogen-bond acceptors (Lipinski definition) is 1. The summed E-state index contributed by atoms with van der Waals surface area (Å²) >= 11 is 3.31. The van der Waals surface area contributed by atoms with Crippen LogP contribution in [0.4, 0.5) is 4.39 Å². The maximum absolute atomic E-state index is 13.7. The lowest BCUT2D eigenvalue weighted by Gasteiger charge is -2.35. The normalized spacial score (nSPS) is 20.2. The zero-order chi connectivity index (χ0) is 8.60. The minimum Gasteiger partial charge on any atom is -0.310 e. The first kappa shape index (κ1) is 8.20. The van der Waals surface area contributed by atoms with E-state index in [1.54, 1.807) is 0 Å². The van der Waals surface area contributed by atoms with Crippen molar-refractivity contribution in [3.63, 3.8) is 0 Å². The van der Waals surface area contributed by atoms with Crippen LogP contribution in [-0.2, 0) is 5.67 Å². The molecule has 1 N–H and O–H groups in total. The standard InChI is InChI=1S/C9H9BrFN/c10-8-3-1-7(2-4-8)9(11)5-12-6-9/h1-4,12H,5-6H2. The Morgan fingerprint density at radius 3 is 2.25 bits per heavy atom. The van der Waals surface area contributed by atoms with Crippen molar-refractivity contribution in [2.24, 2.45) is 0 Å². The van der Waals surface area contributed by atoms with E-state index in [0.717, 1.165) is 10.0 Å². The van der Waals surface area contributed by atoms with Crippen LogP contribution in [-0.4, -0.2) is 13.1 Å². The summed E-state index contributed by atoms with van der Waals surface area (Å²) < 4.78 is 14.7. The van der Waals surface area contributed by atoms with Crippen LogP contribution in [0.2, 0.25) is 0 Å². The number of halogens is 2. The summed E-state index contributed by atoms with van der Waals surface area (Å²) in [6.07, 6.45) is 0. The van der Waals surface area contributed by atoms with E-state index in [-0.39, 0.29) is 0 Å². The third-order valence-electron chi connectivity index (χ3n) is 2.17. The molecule has 0 bridgehead atoms. The van der Waals surface area contributed by atoms with Crippen molar-refractivity contribution in [3.8, 4) is 0 Å². The predicted molar refractivity (Wildman–Crippen MR) is 49.8 cm³/mol. The Morgan fingerprint density at radius 1 is 1.25 bits per heavy atom. The Labute approximate surface area is 79.1 Å². The van der Waals surface area contributed by atoms with Crippen LogP contribution in [0.15, 0.2) is 28.7 Å². The molecule has 1 heterocycles. The predicted octanol–water partition coefficient (Wildman–Crippen LogP) is 2.22. The average Bonchev–Trinajstić information content (AvgIpc) is 2.02. The van der Waals surface area contributed by atoms with Gasteiger partial charge in [0.15, 0.2) is 5.67 Å². The molecule has 3 heteroatoms. The second kappa shape index (κ2) is 2.82. The molecule has 2 rings (SSSR count). The fourth-order valence-electron chi connectivity index (χ4n) is 1.30.